The molecule has 0 spiro atoms. The standard InChI is InChI=1S/C11H14O4/c1-8-5-15-6-9(8)10(12)11(13-2)3-4-14-7-11/h5-6H,3-4,7H2,1-2H3. The van der Waals surface area contributed by atoms with Crippen LogP contribution in [0.15, 0.2) is 16.9 Å². The first-order valence-electron chi connectivity index (χ1n) is 4.90. The highest BCUT2D eigenvalue weighted by molar-refractivity contribution is 6.03. The van der Waals surface area contributed by atoms with Gasteiger partial charge in [0.2, 0.25) is 5.78 Å². The minimum Gasteiger partial charge on any atom is -0.472 e. The molecule has 0 aliphatic carbocycles. The minimum atomic E-state index is -0.811. The molecule has 4 nitrogen and oxygen atoms in total. The molecule has 15 heavy (non-hydrogen) atoms. The van der Waals surface area contributed by atoms with Gasteiger partial charge in [0, 0.05) is 13.5 Å². The molecule has 1 aliphatic heterocycles. The van der Waals surface area contributed by atoms with Crippen LogP contribution in [0.2, 0.25) is 0 Å². The monoisotopic (exact) mass is 210 g/mol. The van der Waals surface area contributed by atoms with Crippen LogP contribution in [0.4, 0.5) is 0 Å². The van der Waals surface area contributed by atoms with Gasteiger partial charge in [0.1, 0.15) is 6.26 Å². The number of carbonyl (C=O) groups excluding carboxylic acids is 1. The number of ketones is 1. The van der Waals surface area contributed by atoms with Crippen molar-refractivity contribution in [2.45, 2.75) is 18.9 Å². The van der Waals surface area contributed by atoms with Gasteiger partial charge in [0.15, 0.2) is 5.60 Å². The summed E-state index contributed by atoms with van der Waals surface area (Å²) < 4.78 is 15.6. The van der Waals surface area contributed by atoms with E-state index >= 15 is 0 Å². The lowest BCUT2D eigenvalue weighted by atomic mass is 9.92. The van der Waals surface area contributed by atoms with E-state index in [-0.39, 0.29) is 5.78 Å². The van der Waals surface area contributed by atoms with Crippen LogP contribution in [0, 0.1) is 6.92 Å². The first kappa shape index (κ1) is 10.4. The molecule has 1 atom stereocenters. The van der Waals surface area contributed by atoms with Crippen molar-refractivity contribution < 1.29 is 18.7 Å². The lowest BCUT2D eigenvalue weighted by Crippen LogP contribution is -2.41. The number of furan rings is 1. The summed E-state index contributed by atoms with van der Waals surface area (Å²) in [4.78, 5) is 12.2. The first-order valence-corrected chi connectivity index (χ1v) is 4.90. The van der Waals surface area contributed by atoms with Crippen LogP contribution in [0.3, 0.4) is 0 Å². The Kier molecular flexibility index (Phi) is 2.63. The molecule has 1 saturated heterocycles. The highest BCUT2D eigenvalue weighted by Gasteiger charge is 2.43. The number of aryl methyl sites for hydroxylation is 1. The second kappa shape index (κ2) is 3.79. The molecule has 0 aromatic carbocycles. The van der Waals surface area contributed by atoms with Crippen molar-refractivity contribution in [1.29, 1.82) is 0 Å². The predicted octanol–water partition coefficient (Wildman–Crippen LogP) is 1.58. The fourth-order valence-corrected chi connectivity index (χ4v) is 1.82. The topological polar surface area (TPSA) is 48.7 Å². The molecule has 1 fully saturated rings. The van der Waals surface area contributed by atoms with Gasteiger partial charge in [-0.05, 0) is 12.5 Å². The third-order valence-corrected chi connectivity index (χ3v) is 2.89. The Morgan fingerprint density at radius 3 is 2.80 bits per heavy atom. The van der Waals surface area contributed by atoms with E-state index in [0.717, 1.165) is 5.56 Å². The number of methoxy groups -OCH3 is 1. The molecule has 1 aliphatic rings. The van der Waals surface area contributed by atoms with Crippen LogP contribution in [0.5, 0.6) is 0 Å². The Morgan fingerprint density at radius 1 is 1.53 bits per heavy atom. The van der Waals surface area contributed by atoms with Crippen molar-refractivity contribution in [2.24, 2.45) is 0 Å². The van der Waals surface area contributed by atoms with E-state index in [4.69, 9.17) is 13.9 Å². The van der Waals surface area contributed by atoms with E-state index in [1.54, 1.807) is 13.4 Å². The van der Waals surface area contributed by atoms with Gasteiger partial charge in [0.05, 0.1) is 25.0 Å². The Bertz CT molecular complexity index is 360. The molecule has 82 valence electrons. The molecular weight excluding hydrogens is 196 g/mol. The zero-order valence-electron chi connectivity index (χ0n) is 8.91. The molecule has 0 N–H and O–H groups in total. The maximum atomic E-state index is 12.2. The molecule has 2 heterocycles. The summed E-state index contributed by atoms with van der Waals surface area (Å²) in [5, 5.41) is 0. The average molecular weight is 210 g/mol. The van der Waals surface area contributed by atoms with Gasteiger partial charge in [0.25, 0.3) is 0 Å². The van der Waals surface area contributed by atoms with Crippen LogP contribution >= 0.6 is 0 Å². The SMILES string of the molecule is COC1(C(=O)c2cocc2C)CCOC1. The normalized spacial score (nSPS) is 25.7. The van der Waals surface area contributed by atoms with Crippen molar-refractivity contribution in [1.82, 2.24) is 0 Å². The van der Waals surface area contributed by atoms with Gasteiger partial charge in [-0.25, -0.2) is 0 Å². The molecule has 0 bridgehead atoms. The van der Waals surface area contributed by atoms with Crippen molar-refractivity contribution in [3.05, 3.63) is 23.7 Å². The lowest BCUT2D eigenvalue weighted by Gasteiger charge is -2.23. The maximum Gasteiger partial charge on any atom is 0.200 e. The second-order valence-corrected chi connectivity index (χ2v) is 3.80. The molecule has 1 unspecified atom stereocenters. The van der Waals surface area contributed by atoms with Crippen LogP contribution < -0.4 is 0 Å². The Labute approximate surface area is 88.2 Å². The largest absolute Gasteiger partial charge is 0.472 e. The molecule has 0 saturated carbocycles. The molecule has 4 heteroatoms. The van der Waals surface area contributed by atoms with E-state index < -0.39 is 5.60 Å². The number of ether oxygens (including phenoxy) is 2. The number of hydrogen-bond donors (Lipinski definition) is 0. The van der Waals surface area contributed by atoms with E-state index in [9.17, 15) is 4.79 Å². The van der Waals surface area contributed by atoms with Gasteiger partial charge in [-0.15, -0.1) is 0 Å². The quantitative estimate of drug-likeness (QED) is 0.710. The number of carbonyl (C=O) groups is 1. The van der Waals surface area contributed by atoms with Crippen LogP contribution in [0.1, 0.15) is 22.3 Å². The molecular formula is C11H14O4. The first-order chi connectivity index (χ1) is 7.19. The van der Waals surface area contributed by atoms with Crippen molar-refractivity contribution >= 4 is 5.78 Å². The summed E-state index contributed by atoms with van der Waals surface area (Å²) >= 11 is 0. The third-order valence-electron chi connectivity index (χ3n) is 2.89. The van der Waals surface area contributed by atoms with E-state index in [2.05, 4.69) is 0 Å². The van der Waals surface area contributed by atoms with E-state index in [1.807, 2.05) is 6.92 Å². The van der Waals surface area contributed by atoms with Gasteiger partial charge in [-0.1, -0.05) is 0 Å². The molecule has 0 radical (unpaired) electrons. The fraction of sp³-hybridized carbons (Fsp3) is 0.545. The van der Waals surface area contributed by atoms with Crippen LogP contribution in [0.25, 0.3) is 0 Å². The fourth-order valence-electron chi connectivity index (χ4n) is 1.82. The average Bonchev–Trinajstić information content (AvgIpc) is 2.86. The van der Waals surface area contributed by atoms with Gasteiger partial charge < -0.3 is 13.9 Å². The van der Waals surface area contributed by atoms with Crippen molar-refractivity contribution in [2.75, 3.05) is 20.3 Å². The molecule has 0 amide bonds. The lowest BCUT2D eigenvalue weighted by molar-refractivity contribution is -0.00348. The summed E-state index contributed by atoms with van der Waals surface area (Å²) in [5.74, 6) is -0.0475. The zero-order chi connectivity index (χ0) is 10.9. The minimum absolute atomic E-state index is 0.0475. The Balaban J connectivity index is 2.30. The summed E-state index contributed by atoms with van der Waals surface area (Å²) in [6.45, 7) is 2.74. The van der Waals surface area contributed by atoms with Gasteiger partial charge in [-0.2, -0.15) is 0 Å². The zero-order valence-corrected chi connectivity index (χ0v) is 8.91. The molecule has 2 rings (SSSR count). The Hall–Kier alpha value is -1.13. The summed E-state index contributed by atoms with van der Waals surface area (Å²) in [6.07, 6.45) is 3.64. The molecule has 1 aromatic heterocycles. The number of Topliss-reactive ketones (excluding diaryl/α,β-unsaturated/α-hetero) is 1. The van der Waals surface area contributed by atoms with Gasteiger partial charge >= 0.3 is 0 Å². The highest BCUT2D eigenvalue weighted by atomic mass is 16.6. The maximum absolute atomic E-state index is 12.2. The summed E-state index contributed by atoms with van der Waals surface area (Å²) in [7, 11) is 1.54. The van der Waals surface area contributed by atoms with E-state index in [1.165, 1.54) is 6.26 Å². The summed E-state index contributed by atoms with van der Waals surface area (Å²) in [5.41, 5.74) is 0.611. The van der Waals surface area contributed by atoms with Crippen LogP contribution in [-0.4, -0.2) is 31.7 Å². The third kappa shape index (κ3) is 1.60. The Morgan fingerprint density at radius 2 is 2.33 bits per heavy atom. The highest BCUT2D eigenvalue weighted by Crippen LogP contribution is 2.28. The van der Waals surface area contributed by atoms with Crippen molar-refractivity contribution in [3.63, 3.8) is 0 Å². The molecule has 1 aromatic rings. The predicted molar refractivity (Wildman–Crippen MR) is 53.0 cm³/mol. The van der Waals surface area contributed by atoms with E-state index in [0.29, 0.717) is 25.2 Å². The summed E-state index contributed by atoms with van der Waals surface area (Å²) in [6, 6.07) is 0. The second-order valence-electron chi connectivity index (χ2n) is 3.80. The van der Waals surface area contributed by atoms with Crippen molar-refractivity contribution in [3.8, 4) is 0 Å². The number of hydrogen-bond acceptors (Lipinski definition) is 4. The smallest absolute Gasteiger partial charge is 0.200 e. The number of rotatable bonds is 3. The van der Waals surface area contributed by atoms with Gasteiger partial charge in [-0.3, -0.25) is 4.79 Å². The van der Waals surface area contributed by atoms with Crippen LogP contribution in [-0.2, 0) is 9.47 Å².